The molecule has 0 amide bonds. The quantitative estimate of drug-likeness (QED) is 0.792. The fraction of sp³-hybridized carbons (Fsp3) is 0.667. The Morgan fingerprint density at radius 1 is 1.71 bits per heavy atom. The van der Waals surface area contributed by atoms with Gasteiger partial charge < -0.3 is 10.1 Å². The molecule has 1 aromatic rings. The maximum atomic E-state index is 11.0. The van der Waals surface area contributed by atoms with Crippen molar-refractivity contribution in [2.75, 3.05) is 19.0 Å². The average molecular weight is 254 g/mol. The predicted octanol–water partition coefficient (Wildman–Crippen LogP) is 2.32. The largest absolute Gasteiger partial charge is 0.469 e. The number of ether oxygens (including phenoxy) is 1. The van der Waals surface area contributed by atoms with Gasteiger partial charge in [-0.1, -0.05) is 6.92 Å². The van der Waals surface area contributed by atoms with E-state index in [-0.39, 0.29) is 5.97 Å². The monoisotopic (exact) mass is 254 g/mol. The van der Waals surface area contributed by atoms with Gasteiger partial charge in [-0.25, -0.2) is 4.98 Å². The van der Waals surface area contributed by atoms with Crippen LogP contribution in [-0.2, 0) is 16.0 Å². The van der Waals surface area contributed by atoms with Gasteiger partial charge in [0.15, 0.2) is 5.13 Å². The molecule has 0 saturated heterocycles. The van der Waals surface area contributed by atoms with Gasteiger partial charge in [0.2, 0.25) is 0 Å². The van der Waals surface area contributed by atoms with Crippen LogP contribution in [0.5, 0.6) is 0 Å². The van der Waals surface area contributed by atoms with E-state index in [1.807, 2.05) is 5.38 Å². The minimum atomic E-state index is -0.181. The summed E-state index contributed by atoms with van der Waals surface area (Å²) >= 11 is 1.61. The van der Waals surface area contributed by atoms with Crippen LogP contribution in [0.1, 0.15) is 25.5 Å². The van der Waals surface area contributed by atoms with Crippen molar-refractivity contribution >= 4 is 22.4 Å². The number of carbonyl (C=O) groups excluding carboxylic acids is 1. The van der Waals surface area contributed by atoms with Crippen LogP contribution >= 0.6 is 11.3 Å². The number of hydrogen-bond acceptors (Lipinski definition) is 5. The number of carbonyl (C=O) groups is 1. The lowest BCUT2D eigenvalue weighted by Gasteiger charge is -2.00. The summed E-state index contributed by atoms with van der Waals surface area (Å²) in [4.78, 5) is 15.4. The smallest absolute Gasteiger partial charge is 0.305 e. The summed E-state index contributed by atoms with van der Waals surface area (Å²) in [6.07, 6.45) is 2.39. The van der Waals surface area contributed by atoms with Crippen molar-refractivity contribution < 1.29 is 9.53 Å². The molecule has 2 rings (SSSR count). The molecule has 1 heterocycles. The summed E-state index contributed by atoms with van der Waals surface area (Å²) in [6.45, 7) is 3.29. The van der Waals surface area contributed by atoms with Crippen LogP contribution in [0.3, 0.4) is 0 Å². The van der Waals surface area contributed by atoms with Gasteiger partial charge in [-0.05, 0) is 18.3 Å². The molecule has 0 aromatic carbocycles. The number of thiazole rings is 1. The van der Waals surface area contributed by atoms with Crippen molar-refractivity contribution in [2.45, 2.75) is 26.2 Å². The lowest BCUT2D eigenvalue weighted by molar-refractivity contribution is -0.140. The van der Waals surface area contributed by atoms with Crippen molar-refractivity contribution in [3.8, 4) is 0 Å². The minimum Gasteiger partial charge on any atom is -0.469 e. The molecule has 4 nitrogen and oxygen atoms in total. The molecule has 0 bridgehead atoms. The first-order chi connectivity index (χ1) is 8.19. The number of anilines is 1. The molecule has 5 heteroatoms. The fourth-order valence-corrected chi connectivity index (χ4v) is 2.49. The van der Waals surface area contributed by atoms with Gasteiger partial charge in [0.25, 0.3) is 0 Å². The van der Waals surface area contributed by atoms with E-state index in [2.05, 4.69) is 22.0 Å². The zero-order valence-electron chi connectivity index (χ0n) is 10.2. The van der Waals surface area contributed by atoms with Crippen molar-refractivity contribution in [3.05, 3.63) is 11.1 Å². The third kappa shape index (κ3) is 3.70. The van der Waals surface area contributed by atoms with E-state index in [9.17, 15) is 4.79 Å². The zero-order valence-corrected chi connectivity index (χ0v) is 11.0. The third-order valence-electron chi connectivity index (χ3n) is 3.16. The van der Waals surface area contributed by atoms with Crippen LogP contribution in [-0.4, -0.2) is 24.6 Å². The highest BCUT2D eigenvalue weighted by Gasteiger charge is 2.31. The predicted molar refractivity (Wildman–Crippen MR) is 68.2 cm³/mol. The molecular formula is C12H18N2O2S. The molecular weight excluding hydrogens is 236 g/mol. The normalized spacial score (nSPS) is 22.2. The van der Waals surface area contributed by atoms with E-state index in [1.54, 1.807) is 11.3 Å². The number of nitrogens with zero attached hydrogens (tertiary/aromatic N) is 1. The van der Waals surface area contributed by atoms with Gasteiger partial charge in [0, 0.05) is 18.3 Å². The van der Waals surface area contributed by atoms with E-state index >= 15 is 0 Å². The summed E-state index contributed by atoms with van der Waals surface area (Å²) < 4.78 is 4.60. The summed E-state index contributed by atoms with van der Waals surface area (Å²) in [5.74, 6) is 1.50. The van der Waals surface area contributed by atoms with Crippen LogP contribution in [0.2, 0.25) is 0 Å². The van der Waals surface area contributed by atoms with E-state index in [4.69, 9.17) is 0 Å². The van der Waals surface area contributed by atoms with Crippen LogP contribution in [0.15, 0.2) is 5.38 Å². The molecule has 1 fully saturated rings. The molecule has 1 aliphatic carbocycles. The van der Waals surface area contributed by atoms with Crippen LogP contribution in [0.4, 0.5) is 5.13 Å². The van der Waals surface area contributed by atoms with Crippen LogP contribution in [0, 0.1) is 11.8 Å². The molecule has 17 heavy (non-hydrogen) atoms. The first-order valence-corrected chi connectivity index (χ1v) is 6.82. The Morgan fingerprint density at radius 2 is 2.47 bits per heavy atom. The van der Waals surface area contributed by atoms with E-state index in [1.165, 1.54) is 13.5 Å². The van der Waals surface area contributed by atoms with Crippen molar-refractivity contribution in [1.29, 1.82) is 0 Å². The number of nitrogens with one attached hydrogen (secondary N) is 1. The van der Waals surface area contributed by atoms with E-state index in [0.29, 0.717) is 12.8 Å². The molecule has 1 saturated carbocycles. The molecule has 1 N–H and O–H groups in total. The molecule has 1 aromatic heterocycles. The second-order valence-electron chi connectivity index (χ2n) is 4.57. The Kier molecular flexibility index (Phi) is 3.99. The molecule has 2 unspecified atom stereocenters. The van der Waals surface area contributed by atoms with Gasteiger partial charge in [-0.15, -0.1) is 11.3 Å². The fourth-order valence-electron chi connectivity index (χ4n) is 1.74. The number of aryl methyl sites for hydroxylation is 1. The van der Waals surface area contributed by atoms with Gasteiger partial charge in [0.05, 0.1) is 19.2 Å². The Hall–Kier alpha value is -1.10. The first kappa shape index (κ1) is 12.4. The second kappa shape index (κ2) is 5.49. The molecule has 94 valence electrons. The van der Waals surface area contributed by atoms with Gasteiger partial charge in [-0.3, -0.25) is 4.79 Å². The Balaban J connectivity index is 1.73. The molecule has 2 atom stereocenters. The average Bonchev–Trinajstić information content (AvgIpc) is 2.86. The highest BCUT2D eigenvalue weighted by molar-refractivity contribution is 7.13. The van der Waals surface area contributed by atoms with Gasteiger partial charge >= 0.3 is 5.97 Å². The number of esters is 1. The summed E-state index contributed by atoms with van der Waals surface area (Å²) in [6, 6.07) is 0. The molecule has 1 aliphatic rings. The Bertz CT molecular complexity index is 392. The maximum absolute atomic E-state index is 11.0. The summed E-state index contributed by atoms with van der Waals surface area (Å²) in [5, 5.41) is 6.31. The Morgan fingerprint density at radius 3 is 3.12 bits per heavy atom. The third-order valence-corrected chi connectivity index (χ3v) is 4.01. The van der Waals surface area contributed by atoms with Crippen LogP contribution in [0.25, 0.3) is 0 Å². The highest BCUT2D eigenvalue weighted by atomic mass is 32.1. The zero-order chi connectivity index (χ0) is 12.3. The number of rotatable bonds is 6. The number of hydrogen-bond donors (Lipinski definition) is 1. The van der Waals surface area contributed by atoms with E-state index in [0.717, 1.165) is 29.2 Å². The topological polar surface area (TPSA) is 51.2 Å². The highest BCUT2D eigenvalue weighted by Crippen LogP contribution is 2.37. The second-order valence-corrected chi connectivity index (χ2v) is 5.43. The van der Waals surface area contributed by atoms with Crippen LogP contribution < -0.4 is 5.32 Å². The lowest BCUT2D eigenvalue weighted by Crippen LogP contribution is -2.05. The van der Waals surface area contributed by atoms with Crippen molar-refractivity contribution in [1.82, 2.24) is 4.98 Å². The Labute approximate surface area is 105 Å². The molecule has 0 radical (unpaired) electrons. The van der Waals surface area contributed by atoms with Crippen molar-refractivity contribution in [2.24, 2.45) is 11.8 Å². The number of aromatic nitrogens is 1. The molecule has 0 spiro atoms. The van der Waals surface area contributed by atoms with Gasteiger partial charge in [-0.2, -0.15) is 0 Å². The van der Waals surface area contributed by atoms with Crippen molar-refractivity contribution in [3.63, 3.8) is 0 Å². The minimum absolute atomic E-state index is 0.181. The van der Waals surface area contributed by atoms with Gasteiger partial charge in [0.1, 0.15) is 0 Å². The first-order valence-electron chi connectivity index (χ1n) is 5.94. The van der Waals surface area contributed by atoms with E-state index < -0.39 is 0 Å². The maximum Gasteiger partial charge on any atom is 0.305 e. The molecule has 0 aliphatic heterocycles. The SMILES string of the molecule is COC(=O)CCc1csc(NCC2CC2C)n1. The summed E-state index contributed by atoms with van der Waals surface area (Å²) in [5.41, 5.74) is 0.965. The summed E-state index contributed by atoms with van der Waals surface area (Å²) in [7, 11) is 1.41. The lowest BCUT2D eigenvalue weighted by atomic mass is 10.2. The number of methoxy groups -OCH3 is 1. The standard InChI is InChI=1S/C12H18N2O2S/c1-8-5-9(8)6-13-12-14-10(7-17-12)3-4-11(15)16-2/h7-9H,3-6H2,1-2H3,(H,13,14).